The van der Waals surface area contributed by atoms with Crippen LogP contribution < -0.4 is 9.64 Å². The Morgan fingerprint density at radius 1 is 1.38 bits per heavy atom. The molecule has 1 aromatic heterocycles. The Kier molecular flexibility index (Phi) is 5.16. The van der Waals surface area contributed by atoms with Crippen molar-refractivity contribution in [3.05, 3.63) is 40.9 Å². The van der Waals surface area contributed by atoms with Gasteiger partial charge >= 0.3 is 5.97 Å². The minimum Gasteiger partial charge on any atom is -0.497 e. The lowest BCUT2D eigenvalue weighted by atomic mass is 10.2. The van der Waals surface area contributed by atoms with E-state index in [1.54, 1.807) is 7.11 Å². The van der Waals surface area contributed by atoms with Gasteiger partial charge in [-0.15, -0.1) is 11.3 Å². The third kappa shape index (κ3) is 4.19. The molecule has 0 saturated carbocycles. The Balaban J connectivity index is 2.02. The Morgan fingerprint density at radius 3 is 2.90 bits per heavy atom. The molecule has 112 valence electrons. The number of ether oxygens (including phenoxy) is 2. The van der Waals surface area contributed by atoms with E-state index in [-0.39, 0.29) is 12.4 Å². The maximum Gasteiger partial charge on any atom is 0.311 e. The van der Waals surface area contributed by atoms with Crippen molar-refractivity contribution in [1.29, 1.82) is 0 Å². The first-order valence-corrected chi connectivity index (χ1v) is 7.35. The summed E-state index contributed by atoms with van der Waals surface area (Å²) in [7, 11) is 5.01. The van der Waals surface area contributed by atoms with E-state index in [4.69, 9.17) is 4.74 Å². The SMILES string of the molecule is COC(=O)Cc1csc(N(C)Cc2cccc(OC)c2)n1. The van der Waals surface area contributed by atoms with E-state index in [1.807, 2.05) is 41.6 Å². The lowest BCUT2D eigenvalue weighted by molar-refractivity contribution is -0.139. The molecule has 2 aromatic rings. The Morgan fingerprint density at radius 2 is 2.19 bits per heavy atom. The zero-order chi connectivity index (χ0) is 15.2. The van der Waals surface area contributed by atoms with Crippen molar-refractivity contribution in [3.63, 3.8) is 0 Å². The first kappa shape index (κ1) is 15.3. The van der Waals surface area contributed by atoms with Crippen molar-refractivity contribution < 1.29 is 14.3 Å². The van der Waals surface area contributed by atoms with E-state index < -0.39 is 0 Å². The second kappa shape index (κ2) is 7.08. The van der Waals surface area contributed by atoms with Crippen LogP contribution in [0.1, 0.15) is 11.3 Å². The van der Waals surface area contributed by atoms with E-state index in [0.717, 1.165) is 28.7 Å². The zero-order valence-corrected chi connectivity index (χ0v) is 13.1. The molecule has 0 unspecified atom stereocenters. The smallest absolute Gasteiger partial charge is 0.311 e. The highest BCUT2D eigenvalue weighted by Crippen LogP contribution is 2.22. The van der Waals surface area contributed by atoms with Crippen LogP contribution in [0.4, 0.5) is 5.13 Å². The molecule has 0 N–H and O–H groups in total. The molecule has 1 aromatic carbocycles. The quantitative estimate of drug-likeness (QED) is 0.768. The molecule has 0 aliphatic carbocycles. The molecule has 0 aliphatic heterocycles. The molecule has 5 nitrogen and oxygen atoms in total. The molecule has 0 atom stereocenters. The van der Waals surface area contributed by atoms with Gasteiger partial charge in [0.15, 0.2) is 5.13 Å². The summed E-state index contributed by atoms with van der Waals surface area (Å²) in [5.74, 6) is 0.564. The van der Waals surface area contributed by atoms with Gasteiger partial charge in [-0.05, 0) is 17.7 Å². The third-order valence-corrected chi connectivity index (χ3v) is 3.98. The average molecular weight is 306 g/mol. The van der Waals surface area contributed by atoms with Gasteiger partial charge in [-0.25, -0.2) is 4.98 Å². The number of rotatable bonds is 6. The highest BCUT2D eigenvalue weighted by molar-refractivity contribution is 7.13. The summed E-state index contributed by atoms with van der Waals surface area (Å²) in [5.41, 5.74) is 1.88. The number of carbonyl (C=O) groups is 1. The van der Waals surface area contributed by atoms with Crippen molar-refractivity contribution in [1.82, 2.24) is 4.98 Å². The molecule has 0 fully saturated rings. The van der Waals surface area contributed by atoms with Crippen LogP contribution in [0.2, 0.25) is 0 Å². The number of nitrogens with zero attached hydrogens (tertiary/aromatic N) is 2. The third-order valence-electron chi connectivity index (χ3n) is 2.97. The van der Waals surface area contributed by atoms with Crippen molar-refractivity contribution in [2.45, 2.75) is 13.0 Å². The number of esters is 1. The van der Waals surface area contributed by atoms with Gasteiger partial charge in [0, 0.05) is 19.0 Å². The average Bonchev–Trinajstić information content (AvgIpc) is 2.96. The number of carbonyl (C=O) groups excluding carboxylic acids is 1. The van der Waals surface area contributed by atoms with Crippen LogP contribution in [0.5, 0.6) is 5.75 Å². The van der Waals surface area contributed by atoms with Gasteiger partial charge in [-0.2, -0.15) is 0 Å². The molecule has 6 heteroatoms. The predicted octanol–water partition coefficient (Wildman–Crippen LogP) is 2.50. The summed E-state index contributed by atoms with van der Waals surface area (Å²) in [6.45, 7) is 0.725. The van der Waals surface area contributed by atoms with E-state index in [9.17, 15) is 4.79 Å². The number of aromatic nitrogens is 1. The van der Waals surface area contributed by atoms with Crippen LogP contribution in [0.3, 0.4) is 0 Å². The summed E-state index contributed by atoms with van der Waals surface area (Å²) in [4.78, 5) is 17.7. The molecule has 0 spiro atoms. The van der Waals surface area contributed by atoms with Gasteiger partial charge in [-0.3, -0.25) is 4.79 Å². The lowest BCUT2D eigenvalue weighted by Gasteiger charge is -2.16. The number of benzene rings is 1. The minimum atomic E-state index is -0.276. The number of anilines is 1. The molecule has 0 saturated heterocycles. The van der Waals surface area contributed by atoms with Crippen molar-refractivity contribution >= 4 is 22.4 Å². The molecular weight excluding hydrogens is 288 g/mol. The second-order valence-corrected chi connectivity index (χ2v) is 5.42. The monoisotopic (exact) mass is 306 g/mol. The highest BCUT2D eigenvalue weighted by atomic mass is 32.1. The van der Waals surface area contributed by atoms with Crippen LogP contribution in [-0.4, -0.2) is 32.2 Å². The van der Waals surface area contributed by atoms with Crippen LogP contribution in [0, 0.1) is 0 Å². The number of thiazole rings is 1. The van der Waals surface area contributed by atoms with Crippen molar-refractivity contribution in [2.24, 2.45) is 0 Å². The van der Waals surface area contributed by atoms with Gasteiger partial charge in [0.25, 0.3) is 0 Å². The number of hydrogen-bond donors (Lipinski definition) is 0. The van der Waals surface area contributed by atoms with Crippen LogP contribution >= 0.6 is 11.3 Å². The van der Waals surface area contributed by atoms with Crippen molar-refractivity contribution in [3.8, 4) is 5.75 Å². The van der Waals surface area contributed by atoms with Crippen molar-refractivity contribution in [2.75, 3.05) is 26.2 Å². The van der Waals surface area contributed by atoms with Crippen LogP contribution in [0.15, 0.2) is 29.6 Å². The fourth-order valence-electron chi connectivity index (χ4n) is 1.89. The van der Waals surface area contributed by atoms with Gasteiger partial charge in [0.1, 0.15) is 5.75 Å². The Hall–Kier alpha value is -2.08. The molecule has 21 heavy (non-hydrogen) atoms. The first-order valence-electron chi connectivity index (χ1n) is 6.47. The second-order valence-electron chi connectivity index (χ2n) is 4.58. The van der Waals surface area contributed by atoms with Crippen LogP contribution in [-0.2, 0) is 22.5 Å². The van der Waals surface area contributed by atoms with Gasteiger partial charge < -0.3 is 14.4 Å². The summed E-state index contributed by atoms with van der Waals surface area (Å²) < 4.78 is 9.86. The topological polar surface area (TPSA) is 51.7 Å². The fourth-order valence-corrected chi connectivity index (χ4v) is 2.68. The van der Waals surface area contributed by atoms with Gasteiger partial charge in [0.2, 0.25) is 0 Å². The molecule has 0 bridgehead atoms. The fraction of sp³-hybridized carbons (Fsp3) is 0.333. The molecule has 0 amide bonds. The van der Waals surface area contributed by atoms with Gasteiger partial charge in [0.05, 0.1) is 26.3 Å². The number of methoxy groups -OCH3 is 2. The zero-order valence-electron chi connectivity index (χ0n) is 12.3. The molecule has 0 radical (unpaired) electrons. The number of hydrogen-bond acceptors (Lipinski definition) is 6. The first-order chi connectivity index (χ1) is 10.1. The Labute approximate surface area is 128 Å². The summed E-state index contributed by atoms with van der Waals surface area (Å²) >= 11 is 1.52. The maximum absolute atomic E-state index is 11.2. The largest absolute Gasteiger partial charge is 0.497 e. The predicted molar refractivity (Wildman–Crippen MR) is 82.9 cm³/mol. The summed E-state index contributed by atoms with van der Waals surface area (Å²) in [5, 5.41) is 2.76. The normalized spacial score (nSPS) is 10.2. The van der Waals surface area contributed by atoms with E-state index in [1.165, 1.54) is 18.4 Å². The van der Waals surface area contributed by atoms with E-state index >= 15 is 0 Å². The summed E-state index contributed by atoms with van der Waals surface area (Å²) in [6.07, 6.45) is 0.208. The van der Waals surface area contributed by atoms with Gasteiger partial charge in [-0.1, -0.05) is 12.1 Å². The minimum absolute atomic E-state index is 0.208. The highest BCUT2D eigenvalue weighted by Gasteiger charge is 2.11. The van der Waals surface area contributed by atoms with E-state index in [2.05, 4.69) is 9.72 Å². The molecule has 1 heterocycles. The molecule has 2 rings (SSSR count). The molecule has 0 aliphatic rings. The summed E-state index contributed by atoms with van der Waals surface area (Å²) in [6, 6.07) is 7.93. The van der Waals surface area contributed by atoms with Crippen LogP contribution in [0.25, 0.3) is 0 Å². The molecular formula is C15H18N2O3S. The lowest BCUT2D eigenvalue weighted by Crippen LogP contribution is -2.16. The van der Waals surface area contributed by atoms with E-state index in [0.29, 0.717) is 0 Å². The standard InChI is InChI=1S/C15H18N2O3S/c1-17(9-11-5-4-6-13(7-11)19-2)15-16-12(10-21-15)8-14(18)20-3/h4-7,10H,8-9H2,1-3H3. The Bertz CT molecular complexity index is 612. The maximum atomic E-state index is 11.2.